The van der Waals surface area contributed by atoms with Gasteiger partial charge in [-0.3, -0.25) is 4.90 Å². The van der Waals surface area contributed by atoms with E-state index in [1.165, 1.54) is 16.7 Å². The third kappa shape index (κ3) is 2.86. The molecule has 1 heterocycles. The summed E-state index contributed by atoms with van der Waals surface area (Å²) in [7, 11) is 0. The molecule has 2 aromatic rings. The minimum absolute atomic E-state index is 0.143. The van der Waals surface area contributed by atoms with Crippen LogP contribution in [0.5, 0.6) is 0 Å². The summed E-state index contributed by atoms with van der Waals surface area (Å²) >= 11 is 6.48. The van der Waals surface area contributed by atoms with Crippen LogP contribution in [0.15, 0.2) is 48.5 Å². The number of hydrogen-bond donors (Lipinski definition) is 0. The van der Waals surface area contributed by atoms with Crippen molar-refractivity contribution in [1.29, 1.82) is 0 Å². The number of halogens is 1. The molecule has 0 aromatic heterocycles. The van der Waals surface area contributed by atoms with Crippen molar-refractivity contribution in [2.75, 3.05) is 6.54 Å². The van der Waals surface area contributed by atoms with Gasteiger partial charge in [0.1, 0.15) is 0 Å². The quantitative estimate of drug-likeness (QED) is 0.709. The summed E-state index contributed by atoms with van der Waals surface area (Å²) in [6.45, 7) is 8.80. The van der Waals surface area contributed by atoms with E-state index in [-0.39, 0.29) is 5.54 Å². The second-order valence-electron chi connectivity index (χ2n) is 6.82. The largest absolute Gasteiger partial charge is 0.293 e. The molecular weight excluding hydrogens is 278 g/mol. The Bertz CT molecular complexity index is 628. The van der Waals surface area contributed by atoms with E-state index in [0.29, 0.717) is 5.92 Å². The Balaban J connectivity index is 2.10. The summed E-state index contributed by atoms with van der Waals surface area (Å²) in [5.41, 5.74) is 4.18. The number of hydrogen-bond acceptors (Lipinski definition) is 1. The first-order valence-electron chi connectivity index (χ1n) is 7.54. The molecule has 0 spiro atoms. The van der Waals surface area contributed by atoms with Crippen LogP contribution in [0, 0.1) is 0 Å². The molecule has 0 N–H and O–H groups in total. The molecule has 0 radical (unpaired) electrons. The van der Waals surface area contributed by atoms with Crippen LogP contribution in [0.25, 0.3) is 0 Å². The highest BCUT2D eigenvalue weighted by atomic mass is 35.5. The molecule has 1 nitrogen and oxygen atoms in total. The molecule has 110 valence electrons. The van der Waals surface area contributed by atoms with Crippen LogP contribution >= 0.6 is 11.6 Å². The Kier molecular flexibility index (Phi) is 3.81. The summed E-state index contributed by atoms with van der Waals surface area (Å²) in [5.74, 6) is 0.396. The van der Waals surface area contributed by atoms with E-state index in [2.05, 4.69) is 68.1 Å². The fourth-order valence-electron chi connectivity index (χ4n) is 3.12. The van der Waals surface area contributed by atoms with Crippen molar-refractivity contribution >= 4 is 11.6 Å². The lowest BCUT2D eigenvalue weighted by molar-refractivity contribution is 0.113. The summed E-state index contributed by atoms with van der Waals surface area (Å²) in [4.78, 5) is 2.53. The number of fused-ring (bicyclic) bond motifs is 1. The maximum absolute atomic E-state index is 6.48. The van der Waals surface area contributed by atoms with Crippen LogP contribution in [0.4, 0.5) is 0 Å². The lowest BCUT2D eigenvalue weighted by Crippen LogP contribution is -2.46. The lowest BCUT2D eigenvalue weighted by Gasteiger charge is -2.43. The second kappa shape index (κ2) is 5.47. The van der Waals surface area contributed by atoms with Gasteiger partial charge in [-0.1, -0.05) is 54.1 Å². The minimum Gasteiger partial charge on any atom is -0.293 e. The summed E-state index contributed by atoms with van der Waals surface area (Å²) in [5, 5.41) is 0.891. The normalized spacial score (nSPS) is 19.3. The van der Waals surface area contributed by atoms with Gasteiger partial charge in [0.25, 0.3) is 0 Å². The molecule has 0 aliphatic carbocycles. The van der Waals surface area contributed by atoms with E-state index in [1.54, 1.807) is 0 Å². The molecule has 21 heavy (non-hydrogen) atoms. The highest BCUT2D eigenvalue weighted by Gasteiger charge is 2.32. The van der Waals surface area contributed by atoms with Gasteiger partial charge in [0, 0.05) is 29.6 Å². The first kappa shape index (κ1) is 14.6. The topological polar surface area (TPSA) is 3.24 Å². The zero-order chi connectivity index (χ0) is 15.0. The highest BCUT2D eigenvalue weighted by molar-refractivity contribution is 6.31. The average molecular weight is 300 g/mol. The van der Waals surface area contributed by atoms with Crippen LogP contribution in [-0.2, 0) is 6.54 Å². The molecule has 1 atom stereocenters. The predicted octanol–water partition coefficient (Wildman–Crippen LogP) is 5.09. The van der Waals surface area contributed by atoms with Crippen molar-refractivity contribution in [3.8, 4) is 0 Å². The van der Waals surface area contributed by atoms with Crippen molar-refractivity contribution in [1.82, 2.24) is 4.90 Å². The monoisotopic (exact) mass is 299 g/mol. The number of benzene rings is 2. The van der Waals surface area contributed by atoms with Crippen LogP contribution in [-0.4, -0.2) is 17.0 Å². The molecule has 2 aromatic carbocycles. The standard InChI is InChI=1S/C19H22ClN/c1-19(2,3)21-12-16(14-8-5-4-6-9-14)15-10-7-11-18(20)17(15)13-21/h4-11,16H,12-13H2,1-3H3. The Labute approximate surface area is 132 Å². The van der Waals surface area contributed by atoms with Gasteiger partial charge in [0.2, 0.25) is 0 Å². The molecule has 2 heteroatoms. The minimum atomic E-state index is 0.143. The van der Waals surface area contributed by atoms with Gasteiger partial charge < -0.3 is 0 Å². The molecule has 0 bridgehead atoms. The first-order valence-corrected chi connectivity index (χ1v) is 7.92. The average Bonchev–Trinajstić information content (AvgIpc) is 2.47. The van der Waals surface area contributed by atoms with Gasteiger partial charge in [-0.05, 0) is 43.5 Å². The van der Waals surface area contributed by atoms with E-state index in [0.717, 1.165) is 18.1 Å². The molecule has 1 aliphatic heterocycles. The van der Waals surface area contributed by atoms with E-state index < -0.39 is 0 Å². The van der Waals surface area contributed by atoms with Crippen molar-refractivity contribution in [2.45, 2.75) is 38.8 Å². The van der Waals surface area contributed by atoms with Crippen LogP contribution in [0.1, 0.15) is 43.4 Å². The van der Waals surface area contributed by atoms with E-state index >= 15 is 0 Å². The Morgan fingerprint density at radius 3 is 2.38 bits per heavy atom. The molecular formula is C19H22ClN. The number of rotatable bonds is 1. The maximum Gasteiger partial charge on any atom is 0.0454 e. The predicted molar refractivity (Wildman–Crippen MR) is 89.9 cm³/mol. The first-order chi connectivity index (χ1) is 9.97. The second-order valence-corrected chi connectivity index (χ2v) is 7.23. The van der Waals surface area contributed by atoms with Gasteiger partial charge in [0.05, 0.1) is 0 Å². The molecule has 3 rings (SSSR count). The van der Waals surface area contributed by atoms with Crippen molar-refractivity contribution in [2.24, 2.45) is 0 Å². The molecule has 0 amide bonds. The fraction of sp³-hybridized carbons (Fsp3) is 0.368. The van der Waals surface area contributed by atoms with Crippen LogP contribution in [0.2, 0.25) is 5.02 Å². The van der Waals surface area contributed by atoms with E-state index in [4.69, 9.17) is 11.6 Å². The van der Waals surface area contributed by atoms with Crippen molar-refractivity contribution in [3.63, 3.8) is 0 Å². The summed E-state index contributed by atoms with van der Waals surface area (Å²) < 4.78 is 0. The SMILES string of the molecule is CC(C)(C)N1Cc2c(Cl)cccc2C(c2ccccc2)C1. The number of nitrogens with zero attached hydrogens (tertiary/aromatic N) is 1. The smallest absolute Gasteiger partial charge is 0.0454 e. The summed E-state index contributed by atoms with van der Waals surface area (Å²) in [6.07, 6.45) is 0. The van der Waals surface area contributed by atoms with Crippen LogP contribution in [0.3, 0.4) is 0 Å². The van der Waals surface area contributed by atoms with Gasteiger partial charge in [-0.25, -0.2) is 0 Å². The Morgan fingerprint density at radius 2 is 1.71 bits per heavy atom. The zero-order valence-corrected chi connectivity index (χ0v) is 13.7. The zero-order valence-electron chi connectivity index (χ0n) is 12.9. The Hall–Kier alpha value is -1.31. The van der Waals surface area contributed by atoms with E-state index in [9.17, 15) is 0 Å². The Morgan fingerprint density at radius 1 is 1.00 bits per heavy atom. The van der Waals surface area contributed by atoms with E-state index in [1.807, 2.05) is 6.07 Å². The lowest BCUT2D eigenvalue weighted by atomic mass is 9.83. The maximum atomic E-state index is 6.48. The molecule has 1 aliphatic rings. The van der Waals surface area contributed by atoms with Gasteiger partial charge in [-0.2, -0.15) is 0 Å². The molecule has 0 saturated carbocycles. The van der Waals surface area contributed by atoms with Gasteiger partial charge in [-0.15, -0.1) is 0 Å². The van der Waals surface area contributed by atoms with Gasteiger partial charge in [0.15, 0.2) is 0 Å². The van der Waals surface area contributed by atoms with Crippen LogP contribution < -0.4 is 0 Å². The third-order valence-corrected chi connectivity index (χ3v) is 4.79. The van der Waals surface area contributed by atoms with Gasteiger partial charge >= 0.3 is 0 Å². The molecule has 1 unspecified atom stereocenters. The molecule has 0 saturated heterocycles. The molecule has 0 fully saturated rings. The fourth-order valence-corrected chi connectivity index (χ4v) is 3.37. The van der Waals surface area contributed by atoms with Crippen molar-refractivity contribution < 1.29 is 0 Å². The third-order valence-electron chi connectivity index (χ3n) is 4.43. The van der Waals surface area contributed by atoms with Crippen molar-refractivity contribution in [3.05, 3.63) is 70.2 Å². The summed E-state index contributed by atoms with van der Waals surface area (Å²) in [6, 6.07) is 17.1. The highest BCUT2D eigenvalue weighted by Crippen LogP contribution is 2.38.